The van der Waals surface area contributed by atoms with Crippen LogP contribution in [0.25, 0.3) is 0 Å². The van der Waals surface area contributed by atoms with Crippen LogP contribution in [0.3, 0.4) is 0 Å². The van der Waals surface area contributed by atoms with Crippen molar-refractivity contribution in [3.8, 4) is 5.75 Å². The predicted octanol–water partition coefficient (Wildman–Crippen LogP) is 2.70. The number of nitrogens with zero attached hydrogens (tertiary/aromatic N) is 1. The van der Waals surface area contributed by atoms with E-state index in [-0.39, 0.29) is 5.41 Å². The van der Waals surface area contributed by atoms with E-state index in [1.807, 2.05) is 6.20 Å². The summed E-state index contributed by atoms with van der Waals surface area (Å²) in [6.07, 6.45) is 4.04. The molecule has 0 spiro atoms. The second-order valence-corrected chi connectivity index (χ2v) is 4.84. The minimum Gasteiger partial charge on any atom is -0.491 e. The maximum atomic E-state index is 5.72. The highest BCUT2D eigenvalue weighted by Crippen LogP contribution is 2.35. The molecule has 14 heavy (non-hydrogen) atoms. The lowest BCUT2D eigenvalue weighted by Crippen LogP contribution is -2.18. The van der Waals surface area contributed by atoms with Gasteiger partial charge >= 0.3 is 0 Å². The van der Waals surface area contributed by atoms with Crippen molar-refractivity contribution in [3.05, 3.63) is 23.5 Å². The van der Waals surface area contributed by atoms with Gasteiger partial charge in [-0.05, 0) is 24.3 Å². The number of rotatable bonds is 0. The van der Waals surface area contributed by atoms with Gasteiger partial charge in [-0.25, -0.2) is 0 Å². The van der Waals surface area contributed by atoms with E-state index in [0.717, 1.165) is 30.9 Å². The highest BCUT2D eigenvalue weighted by Gasteiger charge is 2.23. The molecule has 1 aromatic heterocycles. The molecule has 0 saturated carbocycles. The molecule has 0 aliphatic carbocycles. The Morgan fingerprint density at radius 2 is 2.14 bits per heavy atom. The average molecular weight is 191 g/mol. The van der Waals surface area contributed by atoms with Crippen molar-refractivity contribution in [2.45, 2.75) is 39.0 Å². The molecule has 0 atom stereocenters. The highest BCUT2D eigenvalue weighted by atomic mass is 16.5. The molecule has 2 heteroatoms. The van der Waals surface area contributed by atoms with Gasteiger partial charge in [-0.15, -0.1) is 0 Å². The van der Waals surface area contributed by atoms with E-state index in [1.54, 1.807) is 0 Å². The topological polar surface area (TPSA) is 22.1 Å². The first-order chi connectivity index (χ1) is 6.59. The Morgan fingerprint density at radius 1 is 1.36 bits per heavy atom. The van der Waals surface area contributed by atoms with E-state index in [2.05, 4.69) is 31.8 Å². The van der Waals surface area contributed by atoms with E-state index in [1.165, 1.54) is 5.56 Å². The Morgan fingerprint density at radius 3 is 2.86 bits per heavy atom. The Kier molecular flexibility index (Phi) is 2.22. The van der Waals surface area contributed by atoms with Crippen LogP contribution < -0.4 is 4.74 Å². The molecule has 0 fully saturated rings. The lowest BCUT2D eigenvalue weighted by molar-refractivity contribution is 0.276. The number of pyridine rings is 1. The van der Waals surface area contributed by atoms with Crippen molar-refractivity contribution >= 4 is 0 Å². The molecule has 2 rings (SSSR count). The van der Waals surface area contributed by atoms with Crippen molar-refractivity contribution in [2.75, 3.05) is 6.61 Å². The summed E-state index contributed by atoms with van der Waals surface area (Å²) in [7, 11) is 0. The average Bonchev–Trinajstić information content (AvgIpc) is 2.15. The predicted molar refractivity (Wildman–Crippen MR) is 56.8 cm³/mol. The van der Waals surface area contributed by atoms with Crippen LogP contribution in [-0.2, 0) is 11.8 Å². The summed E-state index contributed by atoms with van der Waals surface area (Å²) in [5.74, 6) is 1.03. The summed E-state index contributed by atoms with van der Waals surface area (Å²) in [4.78, 5) is 4.37. The molecule has 0 N–H and O–H groups in total. The fraction of sp³-hybridized carbons (Fsp3) is 0.583. The Bertz CT molecular complexity index is 339. The van der Waals surface area contributed by atoms with Crippen LogP contribution >= 0.6 is 0 Å². The summed E-state index contributed by atoms with van der Waals surface area (Å²) in [6.45, 7) is 7.46. The first kappa shape index (κ1) is 9.50. The van der Waals surface area contributed by atoms with Gasteiger partial charge in [0.15, 0.2) is 0 Å². The van der Waals surface area contributed by atoms with Crippen LogP contribution in [0.4, 0.5) is 0 Å². The summed E-state index contributed by atoms with van der Waals surface area (Å²) >= 11 is 0. The van der Waals surface area contributed by atoms with Gasteiger partial charge in [0.25, 0.3) is 0 Å². The number of fused-ring (bicyclic) bond motifs is 1. The van der Waals surface area contributed by atoms with E-state index in [0.29, 0.717) is 0 Å². The van der Waals surface area contributed by atoms with E-state index in [9.17, 15) is 0 Å². The largest absolute Gasteiger partial charge is 0.491 e. The van der Waals surface area contributed by atoms with E-state index in [4.69, 9.17) is 4.74 Å². The van der Waals surface area contributed by atoms with Gasteiger partial charge in [-0.3, -0.25) is 4.98 Å². The lowest BCUT2D eigenvalue weighted by Gasteiger charge is -2.26. The second-order valence-electron chi connectivity index (χ2n) is 4.84. The third kappa shape index (κ3) is 1.61. The zero-order valence-electron chi connectivity index (χ0n) is 9.13. The van der Waals surface area contributed by atoms with Crippen molar-refractivity contribution < 1.29 is 4.74 Å². The molecule has 1 aliphatic heterocycles. The van der Waals surface area contributed by atoms with E-state index >= 15 is 0 Å². The summed E-state index contributed by atoms with van der Waals surface area (Å²) in [5, 5.41) is 0. The molecule has 0 aromatic carbocycles. The molecule has 0 unspecified atom stereocenters. The highest BCUT2D eigenvalue weighted by molar-refractivity contribution is 5.42. The van der Waals surface area contributed by atoms with Crippen molar-refractivity contribution in [2.24, 2.45) is 0 Å². The fourth-order valence-corrected chi connectivity index (χ4v) is 1.84. The van der Waals surface area contributed by atoms with Gasteiger partial charge < -0.3 is 4.74 Å². The third-order valence-electron chi connectivity index (χ3n) is 2.59. The molecule has 0 saturated heterocycles. The van der Waals surface area contributed by atoms with Gasteiger partial charge in [0.05, 0.1) is 12.3 Å². The minimum absolute atomic E-state index is 0.143. The molecule has 0 amide bonds. The van der Waals surface area contributed by atoms with Crippen LogP contribution in [-0.4, -0.2) is 11.6 Å². The minimum atomic E-state index is 0.143. The Balaban J connectivity index is 2.51. The SMILES string of the molecule is CC(C)(C)c1ccnc2c1OCCC2. The second kappa shape index (κ2) is 3.26. The number of hydrogen-bond acceptors (Lipinski definition) is 2. The monoisotopic (exact) mass is 191 g/mol. The fourth-order valence-electron chi connectivity index (χ4n) is 1.84. The molecule has 76 valence electrons. The maximum absolute atomic E-state index is 5.72. The maximum Gasteiger partial charge on any atom is 0.144 e. The van der Waals surface area contributed by atoms with Gasteiger partial charge in [-0.2, -0.15) is 0 Å². The number of aromatic nitrogens is 1. The molecular weight excluding hydrogens is 174 g/mol. The number of ether oxygens (including phenoxy) is 1. The molecule has 1 aliphatic rings. The van der Waals surface area contributed by atoms with Gasteiger partial charge in [0.1, 0.15) is 5.75 Å². The van der Waals surface area contributed by atoms with Crippen LogP contribution in [0.2, 0.25) is 0 Å². The quantitative estimate of drug-likeness (QED) is 0.629. The Hall–Kier alpha value is -1.05. The number of aryl methyl sites for hydroxylation is 1. The van der Waals surface area contributed by atoms with Crippen LogP contribution in [0.15, 0.2) is 12.3 Å². The molecule has 1 aromatic rings. The van der Waals surface area contributed by atoms with Crippen LogP contribution in [0.1, 0.15) is 38.4 Å². The number of hydrogen-bond donors (Lipinski definition) is 0. The molecule has 2 heterocycles. The first-order valence-corrected chi connectivity index (χ1v) is 5.20. The summed E-state index contributed by atoms with van der Waals surface area (Å²) < 4.78 is 5.72. The smallest absolute Gasteiger partial charge is 0.144 e. The first-order valence-electron chi connectivity index (χ1n) is 5.20. The van der Waals surface area contributed by atoms with E-state index < -0.39 is 0 Å². The standard InChI is InChI=1S/C12H17NO/c1-12(2,3)9-6-7-13-10-5-4-8-14-11(9)10/h6-7H,4-5,8H2,1-3H3. The van der Waals surface area contributed by atoms with Crippen molar-refractivity contribution in [1.82, 2.24) is 4.98 Å². The van der Waals surface area contributed by atoms with Gasteiger partial charge in [0, 0.05) is 11.8 Å². The van der Waals surface area contributed by atoms with Crippen molar-refractivity contribution in [1.29, 1.82) is 0 Å². The molecule has 0 radical (unpaired) electrons. The molecular formula is C12H17NO. The zero-order valence-corrected chi connectivity index (χ0v) is 9.13. The van der Waals surface area contributed by atoms with Gasteiger partial charge in [-0.1, -0.05) is 20.8 Å². The Labute approximate surface area is 85.3 Å². The third-order valence-corrected chi connectivity index (χ3v) is 2.59. The van der Waals surface area contributed by atoms with Gasteiger partial charge in [0.2, 0.25) is 0 Å². The lowest BCUT2D eigenvalue weighted by atomic mass is 9.86. The summed E-state index contributed by atoms with van der Waals surface area (Å²) in [6, 6.07) is 2.07. The normalized spacial score (nSPS) is 15.9. The van der Waals surface area contributed by atoms with Crippen LogP contribution in [0, 0.1) is 0 Å². The van der Waals surface area contributed by atoms with Crippen molar-refractivity contribution in [3.63, 3.8) is 0 Å². The molecule has 2 nitrogen and oxygen atoms in total. The zero-order chi connectivity index (χ0) is 10.2. The molecule has 0 bridgehead atoms. The van der Waals surface area contributed by atoms with Crippen LogP contribution in [0.5, 0.6) is 5.75 Å². The summed E-state index contributed by atoms with van der Waals surface area (Å²) in [5.41, 5.74) is 2.55.